The highest BCUT2D eigenvalue weighted by atomic mass is 32.2. The number of aromatic nitrogens is 2. The minimum Gasteiger partial charge on any atom is -0.444 e. The Morgan fingerprint density at radius 1 is 1.08 bits per heavy atom. The van der Waals surface area contributed by atoms with Gasteiger partial charge in [0.25, 0.3) is 0 Å². The van der Waals surface area contributed by atoms with Gasteiger partial charge < -0.3 is 15.0 Å². The maximum absolute atomic E-state index is 14.2. The molecule has 1 atom stereocenters. The number of carbonyl (C=O) groups excluding carboxylic acids is 1. The number of anilines is 1. The van der Waals surface area contributed by atoms with Crippen LogP contribution in [-0.2, 0) is 10.9 Å². The zero-order valence-corrected chi connectivity index (χ0v) is 23.5. The number of nitrogens with one attached hydrogen (secondary N) is 1. The zero-order valence-electron chi connectivity index (χ0n) is 22.7. The van der Waals surface area contributed by atoms with Crippen molar-refractivity contribution in [1.82, 2.24) is 15.3 Å². The first-order valence-corrected chi connectivity index (χ1v) is 13.7. The fourth-order valence-electron chi connectivity index (χ4n) is 4.41. The van der Waals surface area contributed by atoms with Crippen LogP contribution in [0.15, 0.2) is 64.6 Å². The van der Waals surface area contributed by atoms with Gasteiger partial charge in [0.1, 0.15) is 17.7 Å². The second kappa shape index (κ2) is 11.5. The van der Waals surface area contributed by atoms with Crippen molar-refractivity contribution in [2.75, 3.05) is 18.0 Å². The van der Waals surface area contributed by atoms with E-state index in [1.54, 1.807) is 32.9 Å². The molecule has 10 heteroatoms. The number of hydrogen-bond acceptors (Lipinski definition) is 6. The maximum atomic E-state index is 14.2. The molecule has 0 saturated carbocycles. The summed E-state index contributed by atoms with van der Waals surface area (Å²) in [5, 5.41) is 2.87. The molecule has 39 heavy (non-hydrogen) atoms. The third-order valence-electron chi connectivity index (χ3n) is 6.23. The van der Waals surface area contributed by atoms with E-state index in [0.717, 1.165) is 28.3 Å². The van der Waals surface area contributed by atoms with Crippen LogP contribution in [0.4, 0.5) is 23.8 Å². The molecule has 3 aromatic rings. The monoisotopic (exact) mass is 558 g/mol. The second-order valence-corrected chi connectivity index (χ2v) is 11.9. The number of hydrogen-bond donors (Lipinski definition) is 1. The topological polar surface area (TPSA) is 67.4 Å². The van der Waals surface area contributed by atoms with E-state index in [1.165, 1.54) is 12.4 Å². The molecular formula is C29H33F3N4O2S. The van der Waals surface area contributed by atoms with E-state index in [1.807, 2.05) is 43.0 Å². The number of ether oxygens (including phenoxy) is 1. The van der Waals surface area contributed by atoms with Crippen molar-refractivity contribution in [2.24, 2.45) is 0 Å². The number of rotatable bonds is 6. The summed E-state index contributed by atoms with van der Waals surface area (Å²) in [5.41, 5.74) is 0.463. The van der Waals surface area contributed by atoms with Gasteiger partial charge in [-0.3, -0.25) is 0 Å². The van der Waals surface area contributed by atoms with Crippen molar-refractivity contribution in [1.29, 1.82) is 0 Å². The predicted molar refractivity (Wildman–Crippen MR) is 147 cm³/mol. The summed E-state index contributed by atoms with van der Waals surface area (Å²) in [6.45, 7) is 10.6. The molecule has 1 aliphatic heterocycles. The van der Waals surface area contributed by atoms with E-state index >= 15 is 0 Å². The summed E-state index contributed by atoms with van der Waals surface area (Å²) >= 11 is 1.13. The van der Waals surface area contributed by atoms with Crippen LogP contribution >= 0.6 is 11.8 Å². The van der Waals surface area contributed by atoms with Gasteiger partial charge >= 0.3 is 12.3 Å². The average Bonchev–Trinajstić information content (AvgIpc) is 3.31. The Kier molecular flexibility index (Phi) is 8.44. The third-order valence-corrected chi connectivity index (χ3v) is 7.40. The lowest BCUT2D eigenvalue weighted by molar-refractivity contribution is -0.139. The van der Waals surface area contributed by atoms with Crippen LogP contribution in [0.25, 0.3) is 11.3 Å². The quantitative estimate of drug-likeness (QED) is 0.337. The van der Waals surface area contributed by atoms with E-state index in [9.17, 15) is 18.0 Å². The molecule has 6 nitrogen and oxygen atoms in total. The van der Waals surface area contributed by atoms with Crippen LogP contribution in [-0.4, -0.2) is 40.8 Å². The third kappa shape index (κ3) is 7.44. The average molecular weight is 559 g/mol. The molecule has 208 valence electrons. The molecule has 0 aliphatic carbocycles. The second-order valence-electron chi connectivity index (χ2n) is 10.8. The molecule has 1 N–H and O–H groups in total. The molecule has 1 fully saturated rings. The normalized spacial score (nSPS) is 16.0. The van der Waals surface area contributed by atoms with Crippen molar-refractivity contribution < 1.29 is 22.7 Å². The number of nitrogens with zero attached hydrogens (tertiary/aromatic N) is 3. The Morgan fingerprint density at radius 2 is 1.82 bits per heavy atom. The van der Waals surface area contributed by atoms with Crippen LogP contribution < -0.4 is 10.2 Å². The summed E-state index contributed by atoms with van der Waals surface area (Å²) in [4.78, 5) is 23.7. The van der Waals surface area contributed by atoms with Crippen molar-refractivity contribution in [3.8, 4) is 11.3 Å². The Bertz CT molecular complexity index is 1320. The molecule has 1 aromatic heterocycles. The van der Waals surface area contributed by atoms with Gasteiger partial charge in [-0.05, 0) is 56.9 Å². The van der Waals surface area contributed by atoms with Crippen LogP contribution in [0, 0.1) is 0 Å². The van der Waals surface area contributed by atoms with Crippen LogP contribution in [0.1, 0.15) is 58.1 Å². The highest BCUT2D eigenvalue weighted by Crippen LogP contribution is 2.43. The van der Waals surface area contributed by atoms with Gasteiger partial charge in [0, 0.05) is 34.5 Å². The molecule has 1 aliphatic rings. The van der Waals surface area contributed by atoms with E-state index in [4.69, 9.17) is 4.74 Å². The first kappa shape index (κ1) is 28.7. The van der Waals surface area contributed by atoms with Gasteiger partial charge in [-0.15, -0.1) is 0 Å². The molecule has 0 spiro atoms. The lowest BCUT2D eigenvalue weighted by Crippen LogP contribution is -2.40. The molecular weight excluding hydrogens is 525 g/mol. The van der Waals surface area contributed by atoms with Gasteiger partial charge in [-0.25, -0.2) is 14.8 Å². The number of amides is 1. The molecule has 1 saturated heterocycles. The number of benzene rings is 2. The molecule has 0 bridgehead atoms. The molecule has 2 aromatic carbocycles. The highest BCUT2D eigenvalue weighted by Gasteiger charge is 2.34. The molecule has 4 rings (SSSR count). The van der Waals surface area contributed by atoms with Crippen molar-refractivity contribution in [3.63, 3.8) is 0 Å². The first-order valence-electron chi connectivity index (χ1n) is 12.8. The Balaban J connectivity index is 1.55. The number of alkyl halides is 3. The maximum Gasteiger partial charge on any atom is 0.417 e. The lowest BCUT2D eigenvalue weighted by Gasteiger charge is -2.22. The Hall–Kier alpha value is -3.27. The van der Waals surface area contributed by atoms with E-state index in [0.29, 0.717) is 36.6 Å². The van der Waals surface area contributed by atoms with Crippen LogP contribution in [0.2, 0.25) is 0 Å². The van der Waals surface area contributed by atoms with Gasteiger partial charge in [0.15, 0.2) is 0 Å². The minimum atomic E-state index is -4.53. The number of carbonyl (C=O) groups is 1. The first-order chi connectivity index (χ1) is 18.3. The Morgan fingerprint density at radius 3 is 2.51 bits per heavy atom. The molecule has 0 unspecified atom stereocenters. The van der Waals surface area contributed by atoms with E-state index in [-0.39, 0.29) is 16.9 Å². The lowest BCUT2D eigenvalue weighted by atomic mass is 10.0. The number of halogens is 3. The SMILES string of the molecule is CC(C)c1ccccc1Sc1ccc(-c2cc(N3CC[C@H](NC(=O)OC(C)(C)C)C3)ncn2)cc1C(F)(F)F. The fraction of sp³-hybridized carbons (Fsp3) is 0.414. The van der Waals surface area contributed by atoms with E-state index in [2.05, 4.69) is 15.3 Å². The van der Waals surface area contributed by atoms with Crippen molar-refractivity contribution in [3.05, 3.63) is 66.0 Å². The predicted octanol–water partition coefficient (Wildman–Crippen LogP) is 7.54. The van der Waals surface area contributed by atoms with Crippen molar-refractivity contribution >= 4 is 23.7 Å². The summed E-state index contributed by atoms with van der Waals surface area (Å²) in [6, 6.07) is 13.4. The van der Waals surface area contributed by atoms with Gasteiger partial charge in [0.2, 0.25) is 0 Å². The van der Waals surface area contributed by atoms with Crippen LogP contribution in [0.5, 0.6) is 0 Å². The smallest absolute Gasteiger partial charge is 0.417 e. The van der Waals surface area contributed by atoms with Gasteiger partial charge in [-0.1, -0.05) is 49.9 Å². The highest BCUT2D eigenvalue weighted by molar-refractivity contribution is 7.99. The Labute approximate surface area is 231 Å². The van der Waals surface area contributed by atoms with E-state index < -0.39 is 23.4 Å². The largest absolute Gasteiger partial charge is 0.444 e. The molecule has 2 heterocycles. The fourth-order valence-corrected chi connectivity index (χ4v) is 5.63. The zero-order chi connectivity index (χ0) is 28.4. The van der Waals surface area contributed by atoms with Crippen molar-refractivity contribution in [2.45, 2.75) is 74.6 Å². The summed E-state index contributed by atoms with van der Waals surface area (Å²) in [7, 11) is 0. The van der Waals surface area contributed by atoms with Gasteiger partial charge in [0.05, 0.1) is 17.3 Å². The summed E-state index contributed by atoms with van der Waals surface area (Å²) in [5.74, 6) is 0.776. The molecule has 0 radical (unpaired) electrons. The summed E-state index contributed by atoms with van der Waals surface area (Å²) < 4.78 is 47.9. The van der Waals surface area contributed by atoms with Gasteiger partial charge in [-0.2, -0.15) is 13.2 Å². The molecule has 1 amide bonds. The number of alkyl carbamates (subject to hydrolysis) is 1. The van der Waals surface area contributed by atoms with Crippen LogP contribution in [0.3, 0.4) is 0 Å². The summed E-state index contributed by atoms with van der Waals surface area (Å²) in [6.07, 6.45) is -2.96. The standard InChI is InChI=1S/C29H33F3N4O2S/c1-18(2)21-8-6-7-9-24(21)39-25-11-10-19(14-22(25)29(30,31)32)23-15-26(34-17-33-23)36-13-12-20(16-36)35-27(37)38-28(3,4)5/h6-11,14-15,17-18,20H,12-13,16H2,1-5H3,(H,35,37)/t20-/m0/s1. The minimum absolute atomic E-state index is 0.125.